The first-order valence-electron chi connectivity index (χ1n) is 8.27. The lowest BCUT2D eigenvalue weighted by Gasteiger charge is -2.47. The Kier molecular flexibility index (Phi) is 7.13. The number of amides is 2. The Labute approximate surface area is 140 Å². The van der Waals surface area contributed by atoms with Gasteiger partial charge in [0.05, 0.1) is 0 Å². The molecule has 2 rings (SSSR count). The number of carbonyl (C=O) groups is 2. The Balaban J connectivity index is 0.00000242. The molecule has 2 aliphatic heterocycles. The molecular weight excluding hydrogens is 302 g/mol. The Hall–Kier alpha value is -0.810. The number of hydrogen-bond donors (Lipinski definition) is 1. The molecule has 0 saturated carbocycles. The average Bonchev–Trinajstić information content (AvgIpc) is 2.42. The van der Waals surface area contributed by atoms with E-state index in [1.54, 1.807) is 6.92 Å². The Morgan fingerprint density at radius 1 is 1.09 bits per heavy atom. The number of halogens is 1. The maximum atomic E-state index is 12.8. The number of nitrogens with zero attached hydrogens (tertiary/aromatic N) is 2. The highest BCUT2D eigenvalue weighted by Gasteiger charge is 2.39. The molecule has 0 spiro atoms. The van der Waals surface area contributed by atoms with Crippen LogP contribution in [0, 0.1) is 11.8 Å². The van der Waals surface area contributed by atoms with Gasteiger partial charge in [-0.25, -0.2) is 0 Å². The molecule has 0 aromatic carbocycles. The third-order valence-electron chi connectivity index (χ3n) is 5.24. The van der Waals surface area contributed by atoms with Gasteiger partial charge in [0.25, 0.3) is 0 Å². The summed E-state index contributed by atoms with van der Waals surface area (Å²) in [6, 6.07) is 0.334. The first-order valence-corrected chi connectivity index (χ1v) is 8.27. The summed E-state index contributed by atoms with van der Waals surface area (Å²) in [6.45, 7) is 11.2. The highest BCUT2D eigenvalue weighted by molar-refractivity contribution is 5.85. The second-order valence-electron chi connectivity index (χ2n) is 6.49. The summed E-state index contributed by atoms with van der Waals surface area (Å²) in [4.78, 5) is 28.7. The van der Waals surface area contributed by atoms with Gasteiger partial charge in [-0.1, -0.05) is 20.8 Å². The maximum absolute atomic E-state index is 12.8. The van der Waals surface area contributed by atoms with E-state index in [1.165, 1.54) is 0 Å². The van der Waals surface area contributed by atoms with Crippen LogP contribution in [0.4, 0.5) is 0 Å². The van der Waals surface area contributed by atoms with Crippen molar-refractivity contribution in [1.29, 1.82) is 0 Å². The van der Waals surface area contributed by atoms with Gasteiger partial charge in [0.15, 0.2) is 0 Å². The number of piperazine rings is 1. The number of carbonyl (C=O) groups excluding carboxylic acids is 2. The summed E-state index contributed by atoms with van der Waals surface area (Å²) in [7, 11) is 0. The normalized spacial score (nSPS) is 26.9. The van der Waals surface area contributed by atoms with E-state index >= 15 is 0 Å². The number of rotatable bonds is 4. The molecule has 2 saturated heterocycles. The third-order valence-corrected chi connectivity index (χ3v) is 5.24. The zero-order valence-electron chi connectivity index (χ0n) is 14.2. The zero-order valence-corrected chi connectivity index (χ0v) is 15.0. The summed E-state index contributed by atoms with van der Waals surface area (Å²) in [5, 5.41) is 3.24. The van der Waals surface area contributed by atoms with Crippen molar-refractivity contribution in [2.45, 2.75) is 52.6 Å². The van der Waals surface area contributed by atoms with Gasteiger partial charge in [-0.15, -0.1) is 12.4 Å². The Morgan fingerprint density at radius 2 is 1.59 bits per heavy atom. The predicted molar refractivity (Wildman–Crippen MR) is 90.0 cm³/mol. The molecule has 3 unspecified atom stereocenters. The molecule has 1 N–H and O–H groups in total. The molecule has 128 valence electrons. The van der Waals surface area contributed by atoms with Crippen molar-refractivity contribution in [1.82, 2.24) is 15.1 Å². The van der Waals surface area contributed by atoms with E-state index in [1.807, 2.05) is 4.90 Å². The van der Waals surface area contributed by atoms with E-state index in [0.29, 0.717) is 19.0 Å². The van der Waals surface area contributed by atoms with Gasteiger partial charge in [-0.3, -0.25) is 9.59 Å². The third kappa shape index (κ3) is 3.74. The fourth-order valence-corrected chi connectivity index (χ4v) is 3.43. The van der Waals surface area contributed by atoms with Crippen LogP contribution in [0.2, 0.25) is 0 Å². The van der Waals surface area contributed by atoms with Crippen molar-refractivity contribution in [3.63, 3.8) is 0 Å². The Morgan fingerprint density at radius 3 is 2.00 bits per heavy atom. The van der Waals surface area contributed by atoms with Gasteiger partial charge in [-0.05, 0) is 31.8 Å². The van der Waals surface area contributed by atoms with E-state index in [2.05, 4.69) is 31.0 Å². The van der Waals surface area contributed by atoms with Crippen molar-refractivity contribution in [2.24, 2.45) is 11.8 Å². The highest BCUT2D eigenvalue weighted by Crippen LogP contribution is 2.25. The topological polar surface area (TPSA) is 52.7 Å². The van der Waals surface area contributed by atoms with Crippen LogP contribution < -0.4 is 5.32 Å². The predicted octanol–water partition coefficient (Wildman–Crippen LogP) is 1.51. The molecule has 6 heteroatoms. The van der Waals surface area contributed by atoms with Crippen LogP contribution in [-0.2, 0) is 9.59 Å². The van der Waals surface area contributed by atoms with Crippen molar-refractivity contribution in [3.05, 3.63) is 0 Å². The maximum Gasteiger partial charge on any atom is 0.226 e. The minimum Gasteiger partial charge on any atom is -0.336 e. The van der Waals surface area contributed by atoms with E-state index in [9.17, 15) is 9.59 Å². The second-order valence-corrected chi connectivity index (χ2v) is 6.49. The highest BCUT2D eigenvalue weighted by atomic mass is 35.5. The first-order chi connectivity index (χ1) is 9.99. The molecule has 3 atom stereocenters. The van der Waals surface area contributed by atoms with Crippen molar-refractivity contribution in [3.8, 4) is 0 Å². The smallest absolute Gasteiger partial charge is 0.226 e. The summed E-state index contributed by atoms with van der Waals surface area (Å²) >= 11 is 0. The van der Waals surface area contributed by atoms with Crippen molar-refractivity contribution < 1.29 is 9.59 Å². The van der Waals surface area contributed by atoms with Crippen LogP contribution in [0.25, 0.3) is 0 Å². The quantitative estimate of drug-likeness (QED) is 0.849. The molecule has 2 amide bonds. The van der Waals surface area contributed by atoms with E-state index in [4.69, 9.17) is 0 Å². The van der Waals surface area contributed by atoms with Crippen LogP contribution in [0.1, 0.15) is 40.5 Å². The van der Waals surface area contributed by atoms with Crippen LogP contribution in [-0.4, -0.2) is 59.9 Å². The van der Waals surface area contributed by atoms with Gasteiger partial charge >= 0.3 is 0 Å². The average molecular weight is 332 g/mol. The van der Waals surface area contributed by atoms with Crippen molar-refractivity contribution >= 4 is 24.2 Å². The molecule has 2 aliphatic rings. The summed E-state index contributed by atoms with van der Waals surface area (Å²) in [5.41, 5.74) is 0. The van der Waals surface area contributed by atoms with Gasteiger partial charge in [0.1, 0.15) is 0 Å². The summed E-state index contributed by atoms with van der Waals surface area (Å²) in [6.07, 6.45) is 1.81. The lowest BCUT2D eigenvalue weighted by Crippen LogP contribution is -2.62. The number of nitrogens with one attached hydrogen (secondary N) is 1. The molecule has 0 aromatic rings. The van der Waals surface area contributed by atoms with Crippen LogP contribution in [0.5, 0.6) is 0 Å². The molecule has 5 nitrogen and oxygen atoms in total. The van der Waals surface area contributed by atoms with Gasteiger partial charge in [0.2, 0.25) is 11.8 Å². The molecule has 22 heavy (non-hydrogen) atoms. The molecular formula is C16H30ClN3O2. The molecule has 2 heterocycles. The Bertz CT molecular complexity index is 401. The van der Waals surface area contributed by atoms with E-state index in [-0.39, 0.29) is 42.2 Å². The van der Waals surface area contributed by atoms with Gasteiger partial charge < -0.3 is 15.1 Å². The minimum atomic E-state index is 0. The van der Waals surface area contributed by atoms with Crippen LogP contribution in [0.3, 0.4) is 0 Å². The number of hydrogen-bond acceptors (Lipinski definition) is 3. The molecule has 0 radical (unpaired) electrons. The standard InChI is InChI=1S/C16H29N3O2.ClH/c1-5-14-10-19(15(6-2)9-18(14)12(4)20)16(21)11(3)13-7-17-8-13;/h11,13-15,17H,5-10H2,1-4H3;1H. The fraction of sp³-hybridized carbons (Fsp3) is 0.875. The lowest BCUT2D eigenvalue weighted by molar-refractivity contribution is -0.150. The van der Waals surface area contributed by atoms with Crippen molar-refractivity contribution in [2.75, 3.05) is 26.2 Å². The summed E-state index contributed by atoms with van der Waals surface area (Å²) in [5.74, 6) is 0.959. The molecule has 0 bridgehead atoms. The van der Waals surface area contributed by atoms with Crippen LogP contribution >= 0.6 is 12.4 Å². The van der Waals surface area contributed by atoms with Gasteiger partial charge in [-0.2, -0.15) is 0 Å². The van der Waals surface area contributed by atoms with Crippen LogP contribution in [0.15, 0.2) is 0 Å². The first kappa shape index (κ1) is 19.2. The van der Waals surface area contributed by atoms with E-state index < -0.39 is 0 Å². The molecule has 0 aliphatic carbocycles. The largest absolute Gasteiger partial charge is 0.336 e. The fourth-order valence-electron chi connectivity index (χ4n) is 3.43. The SMILES string of the molecule is CCC1CN(C(=O)C(C)C2CNC2)C(CC)CN1C(C)=O.Cl. The zero-order chi connectivity index (χ0) is 15.6. The lowest BCUT2D eigenvalue weighted by atomic mass is 9.87. The second kappa shape index (κ2) is 8.16. The van der Waals surface area contributed by atoms with Gasteiger partial charge in [0, 0.05) is 38.0 Å². The minimum absolute atomic E-state index is 0. The summed E-state index contributed by atoms with van der Waals surface area (Å²) < 4.78 is 0. The van der Waals surface area contributed by atoms with E-state index in [0.717, 1.165) is 25.9 Å². The molecule has 0 aromatic heterocycles. The monoisotopic (exact) mass is 331 g/mol. The molecule has 2 fully saturated rings.